The lowest BCUT2D eigenvalue weighted by Gasteiger charge is -2.08. The highest BCUT2D eigenvalue weighted by Gasteiger charge is 2.11. The van der Waals surface area contributed by atoms with Gasteiger partial charge in [0.05, 0.1) is 12.8 Å². The molecule has 2 aromatic rings. The Morgan fingerprint density at radius 3 is 2.24 bits per heavy atom. The van der Waals surface area contributed by atoms with E-state index in [0.717, 1.165) is 0 Å². The highest BCUT2D eigenvalue weighted by atomic mass is 16.5. The van der Waals surface area contributed by atoms with Gasteiger partial charge < -0.3 is 15.8 Å². The Morgan fingerprint density at radius 1 is 1.05 bits per heavy atom. The molecule has 0 spiro atoms. The van der Waals surface area contributed by atoms with Crippen molar-refractivity contribution in [2.45, 2.75) is 6.92 Å². The lowest BCUT2D eigenvalue weighted by Crippen LogP contribution is -2.07. The largest absolute Gasteiger partial charge is 0.495 e. The van der Waals surface area contributed by atoms with Crippen LogP contribution in [0.5, 0.6) is 5.75 Å². The highest BCUT2D eigenvalue weighted by Crippen LogP contribution is 2.24. The Kier molecular flexibility index (Phi) is 4.23. The summed E-state index contributed by atoms with van der Waals surface area (Å²) in [4.78, 5) is 23.3. The third kappa shape index (κ3) is 3.39. The first-order valence-electron chi connectivity index (χ1n) is 6.37. The lowest BCUT2D eigenvalue weighted by atomic mass is 10.0. The van der Waals surface area contributed by atoms with Crippen LogP contribution in [0, 0.1) is 0 Å². The van der Waals surface area contributed by atoms with E-state index < -0.39 is 0 Å². The molecule has 5 heteroatoms. The predicted molar refractivity (Wildman–Crippen MR) is 81.6 cm³/mol. The van der Waals surface area contributed by atoms with Crippen molar-refractivity contribution < 1.29 is 14.3 Å². The summed E-state index contributed by atoms with van der Waals surface area (Å²) in [7, 11) is 1.50. The molecule has 0 saturated heterocycles. The highest BCUT2D eigenvalue weighted by molar-refractivity contribution is 6.09. The molecule has 0 unspecified atom stereocenters. The molecule has 0 aliphatic heterocycles. The SMILES string of the molecule is COc1cc(C(=O)c2ccc(NC(C)=O)cc2)ccc1N. The molecule has 0 aromatic heterocycles. The van der Waals surface area contributed by atoms with E-state index in [-0.39, 0.29) is 11.7 Å². The molecule has 3 N–H and O–H groups in total. The van der Waals surface area contributed by atoms with Crippen LogP contribution in [0.1, 0.15) is 22.8 Å². The minimum Gasteiger partial charge on any atom is -0.495 e. The maximum absolute atomic E-state index is 12.4. The minimum absolute atomic E-state index is 0.136. The molecule has 0 atom stereocenters. The van der Waals surface area contributed by atoms with Crippen LogP contribution in [0.4, 0.5) is 11.4 Å². The first kappa shape index (κ1) is 14.6. The van der Waals surface area contributed by atoms with Crippen LogP contribution in [0.3, 0.4) is 0 Å². The average molecular weight is 284 g/mol. The number of hydrogen-bond donors (Lipinski definition) is 2. The van der Waals surface area contributed by atoms with Gasteiger partial charge in [0.1, 0.15) is 5.75 Å². The lowest BCUT2D eigenvalue weighted by molar-refractivity contribution is -0.114. The smallest absolute Gasteiger partial charge is 0.221 e. The molecular formula is C16H16N2O3. The van der Waals surface area contributed by atoms with E-state index >= 15 is 0 Å². The number of carbonyl (C=O) groups is 2. The fourth-order valence-electron chi connectivity index (χ4n) is 1.93. The van der Waals surface area contributed by atoms with Crippen LogP contribution < -0.4 is 15.8 Å². The van der Waals surface area contributed by atoms with Gasteiger partial charge in [0.15, 0.2) is 5.78 Å². The normalized spacial score (nSPS) is 10.0. The molecule has 0 aliphatic carbocycles. The molecule has 108 valence electrons. The molecule has 5 nitrogen and oxygen atoms in total. The molecule has 0 heterocycles. The van der Waals surface area contributed by atoms with Gasteiger partial charge in [0.25, 0.3) is 0 Å². The molecule has 0 bridgehead atoms. The number of anilines is 2. The van der Waals surface area contributed by atoms with Crippen molar-refractivity contribution in [2.75, 3.05) is 18.2 Å². The van der Waals surface area contributed by atoms with E-state index in [1.165, 1.54) is 14.0 Å². The van der Waals surface area contributed by atoms with Crippen molar-refractivity contribution in [2.24, 2.45) is 0 Å². The van der Waals surface area contributed by atoms with Gasteiger partial charge in [-0.3, -0.25) is 9.59 Å². The number of nitrogens with one attached hydrogen (secondary N) is 1. The van der Waals surface area contributed by atoms with E-state index in [1.807, 2.05) is 0 Å². The van der Waals surface area contributed by atoms with E-state index in [0.29, 0.717) is 28.3 Å². The summed E-state index contributed by atoms with van der Waals surface area (Å²) in [6, 6.07) is 11.6. The zero-order valence-electron chi connectivity index (χ0n) is 11.8. The molecule has 0 fully saturated rings. The van der Waals surface area contributed by atoms with Crippen molar-refractivity contribution in [1.82, 2.24) is 0 Å². The first-order valence-corrected chi connectivity index (χ1v) is 6.37. The zero-order valence-corrected chi connectivity index (χ0v) is 11.8. The number of carbonyl (C=O) groups excluding carboxylic acids is 2. The Labute approximate surface area is 122 Å². The molecular weight excluding hydrogens is 268 g/mol. The van der Waals surface area contributed by atoms with Crippen molar-refractivity contribution in [3.63, 3.8) is 0 Å². The number of amides is 1. The van der Waals surface area contributed by atoms with Crippen molar-refractivity contribution in [3.8, 4) is 5.75 Å². The second kappa shape index (κ2) is 6.09. The van der Waals surface area contributed by atoms with Gasteiger partial charge in [-0.15, -0.1) is 0 Å². The van der Waals surface area contributed by atoms with Crippen molar-refractivity contribution in [1.29, 1.82) is 0 Å². The fraction of sp³-hybridized carbons (Fsp3) is 0.125. The number of methoxy groups -OCH3 is 1. The number of ether oxygens (including phenoxy) is 1. The standard InChI is InChI=1S/C16H16N2O3/c1-10(19)18-13-6-3-11(4-7-13)16(20)12-5-8-14(17)15(9-12)21-2/h3-9H,17H2,1-2H3,(H,18,19). The second-order valence-corrected chi connectivity index (χ2v) is 4.54. The monoisotopic (exact) mass is 284 g/mol. The zero-order chi connectivity index (χ0) is 15.4. The molecule has 0 aliphatic rings. The summed E-state index contributed by atoms with van der Waals surface area (Å²) in [5, 5.41) is 2.65. The number of benzene rings is 2. The van der Waals surface area contributed by atoms with E-state index in [9.17, 15) is 9.59 Å². The summed E-state index contributed by atoms with van der Waals surface area (Å²) < 4.78 is 5.11. The molecule has 2 aromatic carbocycles. The third-order valence-corrected chi connectivity index (χ3v) is 2.96. The van der Waals surface area contributed by atoms with Crippen molar-refractivity contribution >= 4 is 23.1 Å². The van der Waals surface area contributed by atoms with Crippen LogP contribution in [0.25, 0.3) is 0 Å². The van der Waals surface area contributed by atoms with Crippen LogP contribution in [0.15, 0.2) is 42.5 Å². The maximum Gasteiger partial charge on any atom is 0.221 e. The Morgan fingerprint density at radius 2 is 1.67 bits per heavy atom. The Hall–Kier alpha value is -2.82. The predicted octanol–water partition coefficient (Wildman–Crippen LogP) is 2.47. The van der Waals surface area contributed by atoms with Gasteiger partial charge in [-0.1, -0.05) is 0 Å². The van der Waals surface area contributed by atoms with Gasteiger partial charge in [-0.05, 0) is 42.5 Å². The number of rotatable bonds is 4. The second-order valence-electron chi connectivity index (χ2n) is 4.54. The summed E-state index contributed by atoms with van der Waals surface area (Å²) in [6.45, 7) is 1.43. The third-order valence-electron chi connectivity index (χ3n) is 2.96. The van der Waals surface area contributed by atoms with Gasteiger partial charge in [0, 0.05) is 23.7 Å². The molecule has 0 radical (unpaired) electrons. The molecule has 21 heavy (non-hydrogen) atoms. The van der Waals surface area contributed by atoms with Gasteiger partial charge in [-0.25, -0.2) is 0 Å². The van der Waals surface area contributed by atoms with E-state index in [2.05, 4.69) is 5.32 Å². The topological polar surface area (TPSA) is 81.4 Å². The van der Waals surface area contributed by atoms with Crippen LogP contribution in [-0.2, 0) is 4.79 Å². The minimum atomic E-state index is -0.155. The first-order chi connectivity index (χ1) is 10.0. The Balaban J connectivity index is 2.25. The molecule has 0 saturated carbocycles. The quantitative estimate of drug-likeness (QED) is 0.667. The molecule has 1 amide bonds. The Bertz CT molecular complexity index is 678. The summed E-state index contributed by atoms with van der Waals surface area (Å²) in [5.74, 6) is 0.177. The summed E-state index contributed by atoms with van der Waals surface area (Å²) in [6.07, 6.45) is 0. The number of nitrogen functional groups attached to an aromatic ring is 1. The number of ketones is 1. The van der Waals surface area contributed by atoms with E-state index in [1.54, 1.807) is 42.5 Å². The summed E-state index contributed by atoms with van der Waals surface area (Å²) in [5.41, 5.74) is 7.88. The van der Waals surface area contributed by atoms with Crippen LogP contribution in [-0.4, -0.2) is 18.8 Å². The number of hydrogen-bond acceptors (Lipinski definition) is 4. The van der Waals surface area contributed by atoms with Gasteiger partial charge in [0.2, 0.25) is 5.91 Å². The van der Waals surface area contributed by atoms with Crippen LogP contribution in [0.2, 0.25) is 0 Å². The average Bonchev–Trinajstić information content (AvgIpc) is 2.47. The fourth-order valence-corrected chi connectivity index (χ4v) is 1.93. The molecule has 2 rings (SSSR count). The maximum atomic E-state index is 12.4. The number of nitrogens with two attached hydrogens (primary N) is 1. The van der Waals surface area contributed by atoms with Crippen LogP contribution >= 0.6 is 0 Å². The van der Waals surface area contributed by atoms with Crippen molar-refractivity contribution in [3.05, 3.63) is 53.6 Å². The summed E-state index contributed by atoms with van der Waals surface area (Å²) >= 11 is 0. The van der Waals surface area contributed by atoms with Gasteiger partial charge >= 0.3 is 0 Å². The van der Waals surface area contributed by atoms with Gasteiger partial charge in [-0.2, -0.15) is 0 Å². The van der Waals surface area contributed by atoms with E-state index in [4.69, 9.17) is 10.5 Å².